The lowest BCUT2D eigenvalue weighted by Crippen LogP contribution is -2.40. The van der Waals surface area contributed by atoms with Gasteiger partial charge in [0.1, 0.15) is 5.75 Å². The lowest BCUT2D eigenvalue weighted by atomic mass is 10.00. The Labute approximate surface area is 178 Å². The van der Waals surface area contributed by atoms with Crippen LogP contribution in [0, 0.1) is 19.8 Å². The average Bonchev–Trinajstić information content (AvgIpc) is 3.00. The van der Waals surface area contributed by atoms with Crippen LogP contribution in [-0.2, 0) is 13.0 Å². The predicted molar refractivity (Wildman–Crippen MR) is 112 cm³/mol. The molecule has 1 aromatic carbocycles. The third-order valence-corrected chi connectivity index (χ3v) is 5.28. The van der Waals surface area contributed by atoms with Gasteiger partial charge in [0, 0.05) is 30.5 Å². The van der Waals surface area contributed by atoms with E-state index in [2.05, 4.69) is 25.3 Å². The Hall–Kier alpha value is -2.33. The molecule has 0 aliphatic carbocycles. The minimum atomic E-state index is -4.71. The molecule has 10 heteroatoms. The molecule has 2 rings (SSSR count). The van der Waals surface area contributed by atoms with E-state index in [0.717, 1.165) is 21.1 Å². The van der Waals surface area contributed by atoms with Crippen LogP contribution in [0.5, 0.6) is 5.75 Å². The molecule has 0 saturated carbocycles. The number of rotatable bonds is 9. The van der Waals surface area contributed by atoms with Crippen molar-refractivity contribution in [3.05, 3.63) is 45.4 Å². The van der Waals surface area contributed by atoms with E-state index in [1.54, 1.807) is 23.5 Å². The highest BCUT2D eigenvalue weighted by molar-refractivity contribution is 7.11. The van der Waals surface area contributed by atoms with E-state index in [1.165, 1.54) is 12.1 Å². The van der Waals surface area contributed by atoms with Crippen molar-refractivity contribution in [3.8, 4) is 5.75 Å². The average molecular weight is 445 g/mol. The minimum absolute atomic E-state index is 0.0691. The van der Waals surface area contributed by atoms with Gasteiger partial charge in [-0.25, -0.2) is 9.98 Å². The van der Waals surface area contributed by atoms with Crippen LogP contribution in [0.15, 0.2) is 29.3 Å². The van der Waals surface area contributed by atoms with E-state index in [9.17, 15) is 18.3 Å². The monoisotopic (exact) mass is 444 g/mol. The van der Waals surface area contributed by atoms with E-state index < -0.39 is 6.36 Å². The zero-order chi connectivity index (χ0) is 22.1. The van der Waals surface area contributed by atoms with Crippen LogP contribution in [0.2, 0.25) is 0 Å². The van der Waals surface area contributed by atoms with Crippen LogP contribution in [0.1, 0.15) is 28.1 Å². The van der Waals surface area contributed by atoms with Gasteiger partial charge >= 0.3 is 6.36 Å². The summed E-state index contributed by atoms with van der Waals surface area (Å²) >= 11 is 1.62. The number of aliphatic imine (C=N–C) groups is 1. The fraction of sp³-hybridized carbons (Fsp3) is 0.500. The third kappa shape index (κ3) is 8.19. The molecule has 2 aromatic rings. The molecule has 166 valence electrons. The van der Waals surface area contributed by atoms with Gasteiger partial charge < -0.3 is 20.5 Å². The van der Waals surface area contributed by atoms with Gasteiger partial charge in [-0.1, -0.05) is 12.1 Å². The fourth-order valence-electron chi connectivity index (χ4n) is 2.82. The summed E-state index contributed by atoms with van der Waals surface area (Å²) in [4.78, 5) is 10.1. The number of aromatic nitrogens is 1. The fourth-order valence-corrected chi connectivity index (χ4v) is 3.68. The zero-order valence-corrected chi connectivity index (χ0v) is 18.0. The van der Waals surface area contributed by atoms with Gasteiger partial charge in [-0.3, -0.25) is 0 Å². The van der Waals surface area contributed by atoms with Crippen LogP contribution >= 0.6 is 11.3 Å². The first kappa shape index (κ1) is 23.9. The van der Waals surface area contributed by atoms with Gasteiger partial charge in [0.05, 0.1) is 17.2 Å². The Morgan fingerprint density at radius 3 is 2.47 bits per heavy atom. The van der Waals surface area contributed by atoms with Gasteiger partial charge in [0.25, 0.3) is 0 Å². The Kier molecular flexibility index (Phi) is 8.91. The molecule has 6 nitrogen and oxygen atoms in total. The number of aryl methyl sites for hydroxylation is 2. The number of benzene rings is 1. The molecule has 1 aromatic heterocycles. The number of aliphatic hydroxyl groups excluding tert-OH is 1. The lowest BCUT2D eigenvalue weighted by Gasteiger charge is -2.18. The first-order chi connectivity index (χ1) is 14.2. The molecular weight excluding hydrogens is 417 g/mol. The van der Waals surface area contributed by atoms with Crippen LogP contribution in [0.4, 0.5) is 13.2 Å². The van der Waals surface area contributed by atoms with Crippen molar-refractivity contribution in [2.24, 2.45) is 10.9 Å². The number of alkyl halides is 3. The van der Waals surface area contributed by atoms with Crippen molar-refractivity contribution in [1.29, 1.82) is 0 Å². The first-order valence-electron chi connectivity index (χ1n) is 9.60. The Bertz CT molecular complexity index is 822. The van der Waals surface area contributed by atoms with E-state index in [4.69, 9.17) is 0 Å². The van der Waals surface area contributed by atoms with Crippen molar-refractivity contribution >= 4 is 17.3 Å². The molecule has 3 N–H and O–H groups in total. The number of hydrogen-bond donors (Lipinski definition) is 3. The standard InChI is InChI=1S/C20H27F3N4O2S/c1-4-24-19(26-11-18-13(2)27-14(3)30-18)25-10-16(12-28)9-15-5-7-17(8-6-15)29-20(21,22)23/h5-8,16,28H,4,9-12H2,1-3H3,(H2,24,25,26). The van der Waals surface area contributed by atoms with Crippen molar-refractivity contribution < 1.29 is 23.0 Å². The minimum Gasteiger partial charge on any atom is -0.406 e. The van der Waals surface area contributed by atoms with E-state index in [0.29, 0.717) is 32.0 Å². The second-order valence-electron chi connectivity index (χ2n) is 6.76. The summed E-state index contributed by atoms with van der Waals surface area (Å²) in [7, 11) is 0. The summed E-state index contributed by atoms with van der Waals surface area (Å²) < 4.78 is 40.6. The number of halogens is 3. The maximum Gasteiger partial charge on any atom is 0.573 e. The SMILES string of the molecule is CCNC(=NCc1sc(C)nc1C)NCC(CO)Cc1ccc(OC(F)(F)F)cc1. The molecule has 0 spiro atoms. The highest BCUT2D eigenvalue weighted by atomic mass is 32.1. The molecule has 0 aliphatic heterocycles. The van der Waals surface area contributed by atoms with Gasteiger partial charge in [-0.2, -0.15) is 0 Å². The highest BCUT2D eigenvalue weighted by Gasteiger charge is 2.30. The van der Waals surface area contributed by atoms with Crippen LogP contribution < -0.4 is 15.4 Å². The maximum atomic E-state index is 12.3. The summed E-state index contributed by atoms with van der Waals surface area (Å²) in [6, 6.07) is 5.68. The normalized spacial score (nSPS) is 13.2. The molecule has 0 bridgehead atoms. The van der Waals surface area contributed by atoms with E-state index in [-0.39, 0.29) is 18.3 Å². The predicted octanol–water partition coefficient (Wildman–Crippen LogP) is 3.56. The van der Waals surface area contributed by atoms with Crippen molar-refractivity contribution in [3.63, 3.8) is 0 Å². The largest absolute Gasteiger partial charge is 0.573 e. The van der Waals surface area contributed by atoms with Gasteiger partial charge in [0.2, 0.25) is 0 Å². The Morgan fingerprint density at radius 1 is 1.23 bits per heavy atom. The molecule has 1 atom stereocenters. The molecule has 0 fully saturated rings. The Morgan fingerprint density at radius 2 is 1.93 bits per heavy atom. The number of aliphatic hydroxyl groups is 1. The molecule has 0 saturated heterocycles. The van der Waals surface area contributed by atoms with Crippen molar-refractivity contribution in [2.45, 2.75) is 40.1 Å². The zero-order valence-electron chi connectivity index (χ0n) is 17.2. The second-order valence-corrected chi connectivity index (χ2v) is 8.05. The number of nitrogens with one attached hydrogen (secondary N) is 2. The second kappa shape index (κ2) is 11.2. The van der Waals surface area contributed by atoms with Crippen molar-refractivity contribution in [1.82, 2.24) is 15.6 Å². The Balaban J connectivity index is 1.92. The highest BCUT2D eigenvalue weighted by Crippen LogP contribution is 2.23. The van der Waals surface area contributed by atoms with Crippen LogP contribution in [0.3, 0.4) is 0 Å². The summed E-state index contributed by atoms with van der Waals surface area (Å²) in [5.74, 6) is 0.242. The smallest absolute Gasteiger partial charge is 0.406 e. The van der Waals surface area contributed by atoms with Crippen LogP contribution in [0.25, 0.3) is 0 Å². The number of nitrogens with zero attached hydrogens (tertiary/aromatic N) is 2. The van der Waals surface area contributed by atoms with E-state index in [1.807, 2.05) is 20.8 Å². The topological polar surface area (TPSA) is 78.8 Å². The van der Waals surface area contributed by atoms with Gasteiger partial charge in [-0.05, 0) is 44.9 Å². The molecule has 30 heavy (non-hydrogen) atoms. The molecule has 1 heterocycles. The molecule has 0 amide bonds. The van der Waals surface area contributed by atoms with Crippen LogP contribution in [-0.4, -0.2) is 42.1 Å². The van der Waals surface area contributed by atoms with Crippen molar-refractivity contribution in [2.75, 3.05) is 19.7 Å². The third-order valence-electron chi connectivity index (χ3n) is 4.22. The lowest BCUT2D eigenvalue weighted by molar-refractivity contribution is -0.274. The summed E-state index contributed by atoms with van der Waals surface area (Å²) in [5, 5.41) is 17.1. The molecule has 0 aliphatic rings. The number of thiazole rings is 1. The summed E-state index contributed by atoms with van der Waals surface area (Å²) in [5.41, 5.74) is 1.78. The quantitative estimate of drug-likeness (QED) is 0.407. The number of ether oxygens (including phenoxy) is 1. The van der Waals surface area contributed by atoms with Gasteiger partial charge in [-0.15, -0.1) is 24.5 Å². The van der Waals surface area contributed by atoms with Gasteiger partial charge in [0.15, 0.2) is 5.96 Å². The molecular formula is C20H27F3N4O2S. The maximum absolute atomic E-state index is 12.3. The number of hydrogen-bond acceptors (Lipinski definition) is 5. The summed E-state index contributed by atoms with van der Waals surface area (Å²) in [6.45, 7) is 7.48. The number of guanidine groups is 1. The first-order valence-corrected chi connectivity index (χ1v) is 10.4. The molecule has 0 radical (unpaired) electrons. The summed E-state index contributed by atoms with van der Waals surface area (Å²) in [6.07, 6.45) is -4.21. The molecule has 1 unspecified atom stereocenters. The van der Waals surface area contributed by atoms with E-state index >= 15 is 0 Å².